The van der Waals surface area contributed by atoms with Crippen molar-refractivity contribution in [2.75, 3.05) is 13.1 Å². The maximum absolute atomic E-state index is 13.4. The summed E-state index contributed by atoms with van der Waals surface area (Å²) < 4.78 is 0. The largest absolute Gasteiger partial charge is 0.339 e. The van der Waals surface area contributed by atoms with Crippen molar-refractivity contribution in [1.82, 2.24) is 14.9 Å². The number of carbonyl (C=O) groups excluding carboxylic acids is 1. The molecular formula is C26H28BN3O. The van der Waals surface area contributed by atoms with Crippen LogP contribution in [-0.2, 0) is 6.42 Å². The van der Waals surface area contributed by atoms with Crippen LogP contribution in [0.25, 0.3) is 5.57 Å². The lowest BCUT2D eigenvalue weighted by Gasteiger charge is -2.39. The summed E-state index contributed by atoms with van der Waals surface area (Å²) in [5.74, 6) is 2.63. The van der Waals surface area contributed by atoms with Crippen LogP contribution in [-0.4, -0.2) is 41.7 Å². The topological polar surface area (TPSA) is 46.1 Å². The zero-order valence-corrected chi connectivity index (χ0v) is 18.3. The maximum Gasteiger partial charge on any atom is 0.256 e. The molecule has 1 aliphatic rings. The Bertz CT molecular complexity index is 1060. The third-order valence-electron chi connectivity index (χ3n) is 5.78. The molecule has 0 aliphatic carbocycles. The van der Waals surface area contributed by atoms with Gasteiger partial charge in [-0.05, 0) is 55.8 Å². The van der Waals surface area contributed by atoms with E-state index < -0.39 is 0 Å². The number of amides is 1. The Hall–Kier alpha value is -3.39. The first kappa shape index (κ1) is 22.3. The van der Waals surface area contributed by atoms with Crippen molar-refractivity contribution in [3.05, 3.63) is 90.1 Å². The zero-order valence-electron chi connectivity index (χ0n) is 18.3. The van der Waals surface area contributed by atoms with Gasteiger partial charge in [-0.3, -0.25) is 9.78 Å². The van der Waals surface area contributed by atoms with E-state index >= 15 is 0 Å². The summed E-state index contributed by atoms with van der Waals surface area (Å²) in [7, 11) is 2.27. The van der Waals surface area contributed by atoms with E-state index in [4.69, 9.17) is 6.42 Å². The van der Waals surface area contributed by atoms with Gasteiger partial charge in [-0.15, -0.1) is 6.42 Å². The number of piperidine rings is 1. The van der Waals surface area contributed by atoms with Crippen LogP contribution in [0.4, 0.5) is 0 Å². The number of carbonyl (C=O) groups is 1. The third-order valence-corrected chi connectivity index (χ3v) is 5.78. The molecule has 1 saturated heterocycles. The maximum atomic E-state index is 13.4. The first-order chi connectivity index (χ1) is 15.0. The van der Waals surface area contributed by atoms with Crippen molar-refractivity contribution in [3.63, 3.8) is 0 Å². The van der Waals surface area contributed by atoms with E-state index in [2.05, 4.69) is 30.3 Å². The molecule has 0 N–H and O–H groups in total. The van der Waals surface area contributed by atoms with E-state index in [1.807, 2.05) is 60.4 Å². The van der Waals surface area contributed by atoms with E-state index in [9.17, 15) is 4.79 Å². The second kappa shape index (κ2) is 10.1. The Morgan fingerprint density at radius 2 is 2.10 bits per heavy atom. The van der Waals surface area contributed by atoms with E-state index in [1.165, 1.54) is 0 Å². The average Bonchev–Trinajstić information content (AvgIpc) is 2.79. The quantitative estimate of drug-likeness (QED) is 0.413. The second-order valence-corrected chi connectivity index (χ2v) is 8.20. The van der Waals surface area contributed by atoms with Crippen LogP contribution in [0, 0.1) is 12.3 Å². The summed E-state index contributed by atoms with van der Waals surface area (Å²) in [6.07, 6.45) is 17.4. The molecule has 0 bridgehead atoms. The van der Waals surface area contributed by atoms with Crippen molar-refractivity contribution < 1.29 is 4.79 Å². The van der Waals surface area contributed by atoms with Crippen molar-refractivity contribution >= 4 is 19.3 Å². The Morgan fingerprint density at radius 1 is 1.32 bits per heavy atom. The van der Waals surface area contributed by atoms with E-state index in [0.717, 1.165) is 30.5 Å². The summed E-state index contributed by atoms with van der Waals surface area (Å²) >= 11 is 0. The first-order valence-electron chi connectivity index (χ1n) is 10.6. The van der Waals surface area contributed by atoms with Gasteiger partial charge in [0.15, 0.2) is 0 Å². The Morgan fingerprint density at radius 3 is 2.77 bits per heavy atom. The minimum Gasteiger partial charge on any atom is -0.339 e. The van der Waals surface area contributed by atoms with Gasteiger partial charge in [0.2, 0.25) is 0 Å². The highest BCUT2D eigenvalue weighted by Gasteiger charge is 2.33. The molecule has 2 aromatic heterocycles. The molecule has 5 heteroatoms. The van der Waals surface area contributed by atoms with Crippen LogP contribution in [0.3, 0.4) is 0 Å². The van der Waals surface area contributed by atoms with Crippen LogP contribution >= 0.6 is 0 Å². The Balaban J connectivity index is 1.74. The molecule has 1 fully saturated rings. The predicted octanol–water partition coefficient (Wildman–Crippen LogP) is 3.87. The summed E-state index contributed by atoms with van der Waals surface area (Å²) in [5.41, 5.74) is 3.87. The number of hydrogen-bond donors (Lipinski definition) is 0. The minimum atomic E-state index is 0.0251. The van der Waals surface area contributed by atoms with Crippen molar-refractivity contribution in [3.8, 4) is 12.3 Å². The molecule has 1 amide bonds. The lowest BCUT2D eigenvalue weighted by Crippen LogP contribution is -2.41. The number of pyridine rings is 2. The molecule has 0 saturated carbocycles. The number of allylic oxidation sites excluding steroid dienone is 5. The highest BCUT2D eigenvalue weighted by atomic mass is 16.2. The molecule has 0 aromatic carbocycles. The molecule has 0 unspecified atom stereocenters. The monoisotopic (exact) mass is 409 g/mol. The molecule has 2 aromatic rings. The van der Waals surface area contributed by atoms with Crippen LogP contribution in [0.2, 0.25) is 5.31 Å². The lowest BCUT2D eigenvalue weighted by molar-refractivity contribution is 0.0698. The molecule has 0 spiro atoms. The van der Waals surface area contributed by atoms with Crippen LogP contribution in [0.15, 0.2) is 67.4 Å². The summed E-state index contributed by atoms with van der Waals surface area (Å²) in [6, 6.07) is 9.51. The summed E-state index contributed by atoms with van der Waals surface area (Å²) in [4.78, 5) is 24.3. The van der Waals surface area contributed by atoms with Crippen LogP contribution in [0.1, 0.15) is 47.2 Å². The van der Waals surface area contributed by atoms with E-state index in [1.54, 1.807) is 12.3 Å². The number of nitrogens with zero attached hydrogens (tertiary/aromatic N) is 3. The molecule has 4 nitrogen and oxygen atoms in total. The highest BCUT2D eigenvalue weighted by molar-refractivity contribution is 6.15. The fraction of sp³-hybridized carbons (Fsp3) is 0.269. The van der Waals surface area contributed by atoms with Gasteiger partial charge in [0.05, 0.1) is 11.3 Å². The molecule has 156 valence electrons. The van der Waals surface area contributed by atoms with Crippen LogP contribution < -0.4 is 0 Å². The fourth-order valence-electron chi connectivity index (χ4n) is 4.02. The van der Waals surface area contributed by atoms with Crippen molar-refractivity contribution in [1.29, 1.82) is 0 Å². The van der Waals surface area contributed by atoms with E-state index in [0.29, 0.717) is 30.0 Å². The average molecular weight is 409 g/mol. The van der Waals surface area contributed by atoms with Gasteiger partial charge >= 0.3 is 0 Å². The van der Waals surface area contributed by atoms with Crippen molar-refractivity contribution in [2.24, 2.45) is 0 Å². The molecule has 3 heterocycles. The van der Waals surface area contributed by atoms with Crippen LogP contribution in [0.5, 0.6) is 0 Å². The molecule has 0 atom stereocenters. The number of likely N-dealkylation sites (tertiary alicyclic amines) is 1. The molecule has 31 heavy (non-hydrogen) atoms. The molecule has 0 radical (unpaired) electrons. The molecular weight excluding hydrogens is 381 g/mol. The number of terminal acetylenes is 1. The second-order valence-electron chi connectivity index (χ2n) is 8.20. The lowest BCUT2D eigenvalue weighted by atomic mass is 9.60. The highest BCUT2D eigenvalue weighted by Crippen LogP contribution is 2.39. The number of rotatable bonds is 6. The summed E-state index contributed by atoms with van der Waals surface area (Å²) in [5, 5.41) is 0.0909. The van der Waals surface area contributed by atoms with Gasteiger partial charge in [0.1, 0.15) is 13.5 Å². The molecule has 3 rings (SSSR count). The minimum absolute atomic E-state index is 0.0251. The smallest absolute Gasteiger partial charge is 0.256 e. The third kappa shape index (κ3) is 5.41. The number of aromatic nitrogens is 2. The molecule has 1 aliphatic heterocycles. The van der Waals surface area contributed by atoms with Gasteiger partial charge in [-0.1, -0.05) is 42.9 Å². The predicted molar refractivity (Wildman–Crippen MR) is 129 cm³/mol. The van der Waals surface area contributed by atoms with Gasteiger partial charge in [-0.2, -0.15) is 0 Å². The Kier molecular flexibility index (Phi) is 7.25. The number of hydrogen-bond acceptors (Lipinski definition) is 3. The zero-order chi connectivity index (χ0) is 22.3. The van der Waals surface area contributed by atoms with Gasteiger partial charge in [0.25, 0.3) is 5.91 Å². The first-order valence-corrected chi connectivity index (χ1v) is 10.6. The normalized spacial score (nSPS) is 16.1. The Labute approximate surface area is 186 Å². The summed E-state index contributed by atoms with van der Waals surface area (Å²) in [6.45, 7) is 7.15. The van der Waals surface area contributed by atoms with E-state index in [-0.39, 0.29) is 11.2 Å². The standard InChI is InChI=1S/C26H28BN3O/c1-4-9-20(10-5-2)24-23(13-8-16-28-24)25(31)30-17-14-26(27,15-18-30)19-22-12-7-11-21(6-3)29-22/h3-5,7-13,16H,1,14-15,17-19,27H2,2H3/b10-5-,20-9+. The van der Waals surface area contributed by atoms with Gasteiger partial charge in [0, 0.05) is 30.6 Å². The fourth-order valence-corrected chi connectivity index (χ4v) is 4.02. The van der Waals surface area contributed by atoms with Gasteiger partial charge < -0.3 is 4.90 Å². The SMILES string of the molecule is BC1(Cc2cccc(C#C)n2)CCN(C(=O)c2cccnc2C(/C=C\C)=C/C=C)CC1. The van der Waals surface area contributed by atoms with Gasteiger partial charge in [-0.25, -0.2) is 4.98 Å². The van der Waals surface area contributed by atoms with Crippen molar-refractivity contribution in [2.45, 2.75) is 31.5 Å².